The van der Waals surface area contributed by atoms with E-state index in [4.69, 9.17) is 9.84 Å². The molecule has 0 fully saturated rings. The number of carbonyl (C=O) groups is 1. The molecule has 0 aliphatic rings. The molecule has 17 heavy (non-hydrogen) atoms. The van der Waals surface area contributed by atoms with E-state index in [-0.39, 0.29) is 31.0 Å². The van der Waals surface area contributed by atoms with Crippen molar-refractivity contribution in [3.05, 3.63) is 27.4 Å². The normalized spacial score (nSPS) is 10.3. The summed E-state index contributed by atoms with van der Waals surface area (Å²) in [5.74, 6) is 0.0790. The van der Waals surface area contributed by atoms with E-state index in [9.17, 15) is 9.59 Å². The molecular weight excluding hydrogens is 224 g/mol. The van der Waals surface area contributed by atoms with E-state index in [1.165, 1.54) is 0 Å². The zero-order valence-corrected chi connectivity index (χ0v) is 9.95. The van der Waals surface area contributed by atoms with Crippen molar-refractivity contribution < 1.29 is 14.6 Å². The van der Waals surface area contributed by atoms with Crippen LogP contribution in [0.5, 0.6) is 0 Å². The molecule has 2 N–H and O–H groups in total. The molecular formula is C11H16N2O4. The van der Waals surface area contributed by atoms with E-state index in [0.29, 0.717) is 23.7 Å². The first-order valence-electron chi connectivity index (χ1n) is 5.43. The Hall–Kier alpha value is -1.69. The summed E-state index contributed by atoms with van der Waals surface area (Å²) in [6.45, 7) is 3.35. The average molecular weight is 240 g/mol. The summed E-state index contributed by atoms with van der Waals surface area (Å²) < 4.78 is 4.77. The van der Waals surface area contributed by atoms with Crippen LogP contribution in [0.3, 0.4) is 0 Å². The second-order valence-corrected chi connectivity index (χ2v) is 3.54. The standard InChI is InChI=1S/C11H16N2O4/c1-3-17-10(15)5-4-8-9(6-14)12-7(2)13-11(8)16/h14H,3-6H2,1-2H3,(H,12,13,16). The predicted molar refractivity (Wildman–Crippen MR) is 60.5 cm³/mol. The van der Waals surface area contributed by atoms with Crippen LogP contribution in [0.1, 0.15) is 30.4 Å². The second-order valence-electron chi connectivity index (χ2n) is 3.54. The molecule has 0 saturated heterocycles. The Morgan fingerprint density at radius 1 is 1.53 bits per heavy atom. The van der Waals surface area contributed by atoms with Gasteiger partial charge in [0.25, 0.3) is 5.56 Å². The van der Waals surface area contributed by atoms with E-state index in [1.807, 2.05) is 0 Å². The van der Waals surface area contributed by atoms with Gasteiger partial charge in [0.15, 0.2) is 0 Å². The lowest BCUT2D eigenvalue weighted by Gasteiger charge is -2.06. The number of hydrogen-bond acceptors (Lipinski definition) is 5. The Morgan fingerprint density at radius 3 is 2.82 bits per heavy atom. The van der Waals surface area contributed by atoms with Gasteiger partial charge in [-0.25, -0.2) is 4.98 Å². The monoisotopic (exact) mass is 240 g/mol. The summed E-state index contributed by atoms with van der Waals surface area (Å²) in [6, 6.07) is 0. The molecule has 1 aromatic rings. The third kappa shape index (κ3) is 3.67. The fraction of sp³-hybridized carbons (Fsp3) is 0.545. The van der Waals surface area contributed by atoms with Gasteiger partial charge in [0.2, 0.25) is 0 Å². The van der Waals surface area contributed by atoms with Crippen molar-refractivity contribution in [2.45, 2.75) is 33.3 Å². The van der Waals surface area contributed by atoms with Gasteiger partial charge in [-0.3, -0.25) is 9.59 Å². The van der Waals surface area contributed by atoms with Gasteiger partial charge in [-0.05, 0) is 20.3 Å². The number of nitrogens with zero attached hydrogens (tertiary/aromatic N) is 1. The maximum Gasteiger partial charge on any atom is 0.306 e. The molecule has 1 aromatic heterocycles. The quantitative estimate of drug-likeness (QED) is 0.710. The van der Waals surface area contributed by atoms with Crippen LogP contribution in [0.2, 0.25) is 0 Å². The van der Waals surface area contributed by atoms with Crippen LogP contribution in [0, 0.1) is 6.92 Å². The molecule has 0 radical (unpaired) electrons. The van der Waals surface area contributed by atoms with Gasteiger partial charge in [-0.15, -0.1) is 0 Å². The lowest BCUT2D eigenvalue weighted by atomic mass is 10.1. The molecule has 1 heterocycles. The van der Waals surface area contributed by atoms with Crippen LogP contribution in [0.4, 0.5) is 0 Å². The number of aryl methyl sites for hydroxylation is 1. The topological polar surface area (TPSA) is 92.3 Å². The first-order chi connectivity index (χ1) is 8.08. The minimum absolute atomic E-state index is 0.106. The Morgan fingerprint density at radius 2 is 2.24 bits per heavy atom. The number of esters is 1. The molecule has 0 unspecified atom stereocenters. The third-order valence-corrected chi connectivity index (χ3v) is 2.25. The maximum absolute atomic E-state index is 11.6. The molecule has 0 aliphatic heterocycles. The van der Waals surface area contributed by atoms with Crippen LogP contribution >= 0.6 is 0 Å². The number of aliphatic hydroxyl groups is 1. The molecule has 94 valence electrons. The van der Waals surface area contributed by atoms with Crippen LogP contribution < -0.4 is 5.56 Å². The van der Waals surface area contributed by atoms with E-state index in [1.54, 1.807) is 13.8 Å². The van der Waals surface area contributed by atoms with Crippen molar-refractivity contribution in [2.75, 3.05) is 6.61 Å². The molecule has 0 aromatic carbocycles. The van der Waals surface area contributed by atoms with Crippen molar-refractivity contribution in [2.24, 2.45) is 0 Å². The molecule has 6 heteroatoms. The van der Waals surface area contributed by atoms with Crippen LogP contribution in [-0.4, -0.2) is 27.7 Å². The molecule has 0 aliphatic carbocycles. The third-order valence-electron chi connectivity index (χ3n) is 2.25. The molecule has 0 bridgehead atoms. The van der Waals surface area contributed by atoms with Gasteiger partial charge in [-0.1, -0.05) is 0 Å². The predicted octanol–water partition coefficient (Wildman–Crippen LogP) is 0.0663. The van der Waals surface area contributed by atoms with Gasteiger partial charge in [0, 0.05) is 12.0 Å². The number of aromatic nitrogens is 2. The molecule has 6 nitrogen and oxygen atoms in total. The molecule has 0 atom stereocenters. The molecule has 0 spiro atoms. The van der Waals surface area contributed by atoms with E-state index < -0.39 is 0 Å². The van der Waals surface area contributed by atoms with E-state index in [2.05, 4.69) is 9.97 Å². The summed E-state index contributed by atoms with van der Waals surface area (Å²) in [6.07, 6.45) is 0.325. The number of aliphatic hydroxyl groups excluding tert-OH is 1. The zero-order chi connectivity index (χ0) is 12.8. The Kier molecular flexibility index (Phi) is 4.84. The van der Waals surface area contributed by atoms with Crippen molar-refractivity contribution in [3.8, 4) is 0 Å². The SMILES string of the molecule is CCOC(=O)CCc1c(CO)nc(C)[nH]c1=O. The average Bonchev–Trinajstić information content (AvgIpc) is 2.27. The Labute approximate surface area is 98.7 Å². The van der Waals surface area contributed by atoms with Crippen molar-refractivity contribution in [1.29, 1.82) is 0 Å². The molecule has 0 saturated carbocycles. The highest BCUT2D eigenvalue weighted by molar-refractivity contribution is 5.69. The first kappa shape index (κ1) is 13.4. The highest BCUT2D eigenvalue weighted by Crippen LogP contribution is 2.05. The minimum Gasteiger partial charge on any atom is -0.466 e. The highest BCUT2D eigenvalue weighted by atomic mass is 16.5. The molecule has 1 rings (SSSR count). The van der Waals surface area contributed by atoms with Gasteiger partial charge >= 0.3 is 5.97 Å². The number of hydrogen-bond donors (Lipinski definition) is 2. The number of nitrogens with one attached hydrogen (secondary N) is 1. The van der Waals surface area contributed by atoms with E-state index >= 15 is 0 Å². The Bertz CT molecular complexity index is 453. The fourth-order valence-corrected chi connectivity index (χ4v) is 1.52. The summed E-state index contributed by atoms with van der Waals surface area (Å²) >= 11 is 0. The maximum atomic E-state index is 11.6. The van der Waals surface area contributed by atoms with Crippen molar-refractivity contribution >= 4 is 5.97 Å². The van der Waals surface area contributed by atoms with Crippen LogP contribution in [0.25, 0.3) is 0 Å². The highest BCUT2D eigenvalue weighted by Gasteiger charge is 2.12. The Balaban J connectivity index is 2.83. The lowest BCUT2D eigenvalue weighted by Crippen LogP contribution is -2.20. The summed E-state index contributed by atoms with van der Waals surface area (Å²) in [5.41, 5.74) is 0.340. The summed E-state index contributed by atoms with van der Waals surface area (Å²) in [5, 5.41) is 9.10. The number of H-pyrrole nitrogens is 1. The largest absolute Gasteiger partial charge is 0.466 e. The number of aromatic amines is 1. The smallest absolute Gasteiger partial charge is 0.306 e. The second kappa shape index (κ2) is 6.15. The zero-order valence-electron chi connectivity index (χ0n) is 9.95. The van der Waals surface area contributed by atoms with Gasteiger partial charge < -0.3 is 14.8 Å². The number of carbonyl (C=O) groups excluding carboxylic acids is 1. The first-order valence-corrected chi connectivity index (χ1v) is 5.43. The van der Waals surface area contributed by atoms with Gasteiger partial charge in [-0.2, -0.15) is 0 Å². The van der Waals surface area contributed by atoms with Gasteiger partial charge in [0.05, 0.1) is 18.9 Å². The van der Waals surface area contributed by atoms with E-state index in [0.717, 1.165) is 0 Å². The minimum atomic E-state index is -0.364. The summed E-state index contributed by atoms with van der Waals surface area (Å²) in [4.78, 5) is 29.4. The number of rotatable bonds is 5. The van der Waals surface area contributed by atoms with Crippen molar-refractivity contribution in [1.82, 2.24) is 9.97 Å². The fourth-order valence-electron chi connectivity index (χ4n) is 1.52. The number of ether oxygens (including phenoxy) is 1. The van der Waals surface area contributed by atoms with Crippen molar-refractivity contribution in [3.63, 3.8) is 0 Å². The van der Waals surface area contributed by atoms with Crippen LogP contribution in [0.15, 0.2) is 4.79 Å². The van der Waals surface area contributed by atoms with Gasteiger partial charge in [0.1, 0.15) is 5.82 Å². The summed E-state index contributed by atoms with van der Waals surface area (Å²) in [7, 11) is 0. The lowest BCUT2D eigenvalue weighted by molar-refractivity contribution is -0.143. The molecule has 0 amide bonds. The van der Waals surface area contributed by atoms with Crippen LogP contribution in [-0.2, 0) is 22.6 Å².